The van der Waals surface area contributed by atoms with Crippen molar-refractivity contribution in [1.82, 2.24) is 0 Å². The van der Waals surface area contributed by atoms with E-state index in [-0.39, 0.29) is 17.8 Å². The van der Waals surface area contributed by atoms with Crippen LogP contribution in [0.15, 0.2) is 12.2 Å². The summed E-state index contributed by atoms with van der Waals surface area (Å²) in [5.41, 5.74) is -0.127. The molecule has 0 spiro atoms. The number of carbonyl (C=O) groups excluding carboxylic acids is 2. The third-order valence-corrected chi connectivity index (χ3v) is 6.32. The van der Waals surface area contributed by atoms with Gasteiger partial charge in [-0.2, -0.15) is 0 Å². The predicted octanol–water partition coefficient (Wildman–Crippen LogP) is 3.50. The Kier molecular flexibility index (Phi) is 4.28. The first-order valence-electron chi connectivity index (χ1n) is 8.87. The molecular formula is C19H28O4. The fourth-order valence-electron chi connectivity index (χ4n) is 5.63. The molecule has 4 fully saturated rings. The van der Waals surface area contributed by atoms with E-state index in [9.17, 15) is 9.59 Å². The highest BCUT2D eigenvalue weighted by atomic mass is 16.6. The second-order valence-corrected chi connectivity index (χ2v) is 8.09. The van der Waals surface area contributed by atoms with Gasteiger partial charge in [-0.05, 0) is 61.7 Å². The Morgan fingerprint density at radius 1 is 1.09 bits per heavy atom. The maximum atomic E-state index is 12.5. The number of rotatable bonds is 5. The minimum atomic E-state index is -0.410. The van der Waals surface area contributed by atoms with E-state index in [1.54, 1.807) is 0 Å². The van der Waals surface area contributed by atoms with Crippen molar-refractivity contribution in [2.24, 2.45) is 29.6 Å². The van der Waals surface area contributed by atoms with Gasteiger partial charge in [0.15, 0.2) is 0 Å². The van der Waals surface area contributed by atoms with Gasteiger partial charge in [0.1, 0.15) is 12.2 Å². The molecule has 4 aliphatic carbocycles. The van der Waals surface area contributed by atoms with Crippen LogP contribution in [-0.2, 0) is 19.1 Å². The minimum Gasteiger partial charge on any atom is -0.461 e. The van der Waals surface area contributed by atoms with Crippen LogP contribution >= 0.6 is 0 Å². The number of hydrogen-bond acceptors (Lipinski definition) is 4. The molecule has 0 N–H and O–H groups in total. The summed E-state index contributed by atoms with van der Waals surface area (Å²) in [6.45, 7) is 9.34. The number of ether oxygens (including phenoxy) is 2. The van der Waals surface area contributed by atoms with Gasteiger partial charge >= 0.3 is 11.9 Å². The Labute approximate surface area is 138 Å². The topological polar surface area (TPSA) is 52.6 Å². The number of carbonyl (C=O) groups is 2. The molecule has 4 nitrogen and oxygen atoms in total. The molecular weight excluding hydrogens is 292 g/mol. The molecule has 0 atom stereocenters. The molecule has 0 aliphatic heterocycles. The first-order valence-corrected chi connectivity index (χ1v) is 8.87. The first kappa shape index (κ1) is 16.5. The van der Waals surface area contributed by atoms with Crippen molar-refractivity contribution in [2.45, 2.75) is 58.5 Å². The highest BCUT2D eigenvalue weighted by Gasteiger charge is 2.60. The molecule has 0 saturated heterocycles. The highest BCUT2D eigenvalue weighted by Crippen LogP contribution is 2.61. The lowest BCUT2D eigenvalue weighted by Gasteiger charge is -2.61. The van der Waals surface area contributed by atoms with Crippen molar-refractivity contribution >= 4 is 11.9 Å². The Hall–Kier alpha value is -1.32. The molecule has 4 heteroatoms. The zero-order chi connectivity index (χ0) is 16.8. The molecule has 128 valence electrons. The van der Waals surface area contributed by atoms with E-state index in [1.807, 2.05) is 0 Å². The second-order valence-electron chi connectivity index (χ2n) is 8.09. The maximum absolute atomic E-state index is 12.5. The number of esters is 2. The van der Waals surface area contributed by atoms with Gasteiger partial charge < -0.3 is 9.47 Å². The van der Waals surface area contributed by atoms with Crippen LogP contribution in [-0.4, -0.2) is 24.1 Å². The molecule has 0 aromatic heterocycles. The Morgan fingerprint density at radius 3 is 2.04 bits per heavy atom. The fourth-order valence-corrected chi connectivity index (χ4v) is 5.63. The van der Waals surface area contributed by atoms with Crippen molar-refractivity contribution in [3.63, 3.8) is 0 Å². The van der Waals surface area contributed by atoms with E-state index in [4.69, 9.17) is 9.47 Å². The molecule has 0 aromatic carbocycles. The minimum absolute atomic E-state index is 0.0804. The quantitative estimate of drug-likeness (QED) is 0.575. The smallest absolute Gasteiger partial charge is 0.337 e. The van der Waals surface area contributed by atoms with E-state index >= 15 is 0 Å². The van der Waals surface area contributed by atoms with E-state index in [2.05, 4.69) is 20.4 Å². The normalized spacial score (nSPS) is 37.7. The van der Waals surface area contributed by atoms with E-state index in [0.717, 1.165) is 11.8 Å². The third kappa shape index (κ3) is 2.81. The molecule has 23 heavy (non-hydrogen) atoms. The Morgan fingerprint density at radius 2 is 1.61 bits per heavy atom. The number of hydrogen-bond donors (Lipinski definition) is 0. The summed E-state index contributed by atoms with van der Waals surface area (Å²) in [5.74, 6) is 2.09. The van der Waals surface area contributed by atoms with E-state index in [1.165, 1.54) is 39.0 Å². The van der Waals surface area contributed by atoms with Crippen LogP contribution in [0.2, 0.25) is 0 Å². The highest BCUT2D eigenvalue weighted by molar-refractivity contribution is 5.88. The molecule has 0 aromatic rings. The van der Waals surface area contributed by atoms with Crippen LogP contribution in [0.25, 0.3) is 0 Å². The van der Waals surface area contributed by atoms with Crippen LogP contribution < -0.4 is 0 Å². The summed E-state index contributed by atoms with van der Waals surface area (Å²) in [6.07, 6.45) is 6.13. The lowest BCUT2D eigenvalue weighted by atomic mass is 9.47. The lowest BCUT2D eigenvalue weighted by molar-refractivity contribution is -0.222. The van der Waals surface area contributed by atoms with Gasteiger partial charge in [0, 0.05) is 6.92 Å². The van der Waals surface area contributed by atoms with Crippen LogP contribution in [0.3, 0.4) is 0 Å². The monoisotopic (exact) mass is 320 g/mol. The van der Waals surface area contributed by atoms with Gasteiger partial charge in [-0.1, -0.05) is 20.4 Å². The lowest BCUT2D eigenvalue weighted by Crippen LogP contribution is -2.62. The van der Waals surface area contributed by atoms with Gasteiger partial charge in [-0.3, -0.25) is 4.79 Å². The van der Waals surface area contributed by atoms with Crippen LogP contribution in [0.4, 0.5) is 0 Å². The van der Waals surface area contributed by atoms with E-state index < -0.39 is 11.9 Å². The zero-order valence-electron chi connectivity index (χ0n) is 14.5. The van der Waals surface area contributed by atoms with Crippen molar-refractivity contribution < 1.29 is 19.1 Å². The van der Waals surface area contributed by atoms with Gasteiger partial charge in [0.05, 0.1) is 5.57 Å². The summed E-state index contributed by atoms with van der Waals surface area (Å²) < 4.78 is 11.0. The van der Waals surface area contributed by atoms with Crippen LogP contribution in [0, 0.1) is 29.6 Å². The summed E-state index contributed by atoms with van der Waals surface area (Å²) >= 11 is 0. The first-order chi connectivity index (χ1) is 10.8. The largest absolute Gasteiger partial charge is 0.461 e. The second kappa shape index (κ2) is 5.95. The molecule has 0 heterocycles. The van der Waals surface area contributed by atoms with Gasteiger partial charge in [0.25, 0.3) is 0 Å². The third-order valence-electron chi connectivity index (χ3n) is 6.32. The standard InChI is InChI=1S/C19H28O4/c1-11(2)19(23-18(21)12(3)10-22-13(4)20)16-6-14-5-15(8-16)9-17(19)7-14/h11,14-17H,3,5-10H2,1-2,4H3. The summed E-state index contributed by atoms with van der Waals surface area (Å²) in [7, 11) is 0. The molecule has 0 radical (unpaired) electrons. The van der Waals surface area contributed by atoms with Crippen molar-refractivity contribution in [1.29, 1.82) is 0 Å². The molecule has 4 saturated carbocycles. The maximum Gasteiger partial charge on any atom is 0.337 e. The molecule has 4 aliphatic rings. The van der Waals surface area contributed by atoms with Crippen LogP contribution in [0.5, 0.6) is 0 Å². The average Bonchev–Trinajstić information content (AvgIpc) is 2.47. The van der Waals surface area contributed by atoms with Gasteiger partial charge in [-0.15, -0.1) is 0 Å². The zero-order valence-corrected chi connectivity index (χ0v) is 14.5. The molecule has 4 rings (SSSR count). The van der Waals surface area contributed by atoms with Crippen molar-refractivity contribution in [3.8, 4) is 0 Å². The summed E-state index contributed by atoms with van der Waals surface area (Å²) in [5, 5.41) is 0. The molecule has 0 unspecified atom stereocenters. The molecule has 0 amide bonds. The van der Waals surface area contributed by atoms with Crippen molar-refractivity contribution in [3.05, 3.63) is 12.2 Å². The molecule has 4 bridgehead atoms. The Bertz CT molecular complexity index is 491. The Balaban J connectivity index is 1.76. The van der Waals surface area contributed by atoms with Gasteiger partial charge in [0.2, 0.25) is 0 Å². The van der Waals surface area contributed by atoms with Crippen LogP contribution in [0.1, 0.15) is 52.9 Å². The van der Waals surface area contributed by atoms with Gasteiger partial charge in [-0.25, -0.2) is 4.79 Å². The van der Waals surface area contributed by atoms with E-state index in [0.29, 0.717) is 17.8 Å². The fraction of sp³-hybridized carbons (Fsp3) is 0.789. The summed E-state index contributed by atoms with van der Waals surface area (Å²) in [6, 6.07) is 0. The SMILES string of the molecule is C=C(COC(C)=O)C(=O)OC1(C(C)C)C2CC3CC(C2)CC1C3. The summed E-state index contributed by atoms with van der Waals surface area (Å²) in [4.78, 5) is 23.5. The van der Waals surface area contributed by atoms with Crippen molar-refractivity contribution in [2.75, 3.05) is 6.61 Å². The predicted molar refractivity (Wildman–Crippen MR) is 86.5 cm³/mol. The average molecular weight is 320 g/mol.